The van der Waals surface area contributed by atoms with Gasteiger partial charge in [0.25, 0.3) is 0 Å². The van der Waals surface area contributed by atoms with Gasteiger partial charge < -0.3 is 5.32 Å². The fourth-order valence-electron chi connectivity index (χ4n) is 2.67. The van der Waals surface area contributed by atoms with Gasteiger partial charge in [-0.3, -0.25) is 0 Å². The van der Waals surface area contributed by atoms with Gasteiger partial charge in [-0.1, -0.05) is 51.5 Å². The van der Waals surface area contributed by atoms with Crippen LogP contribution in [0.5, 0.6) is 0 Å². The molecule has 0 spiro atoms. The summed E-state index contributed by atoms with van der Waals surface area (Å²) in [5.74, 6) is 0. The van der Waals surface area contributed by atoms with Gasteiger partial charge in [-0.15, -0.1) is 0 Å². The quantitative estimate of drug-likeness (QED) is 0.685. The Bertz CT molecular complexity index is 387. The van der Waals surface area contributed by atoms with Gasteiger partial charge >= 0.3 is 0 Å². The van der Waals surface area contributed by atoms with E-state index in [-0.39, 0.29) is 0 Å². The Morgan fingerprint density at radius 2 is 1.60 bits per heavy atom. The molecule has 0 saturated heterocycles. The molecule has 1 aromatic rings. The Hall–Kier alpha value is -0.820. The third-order valence-corrected chi connectivity index (χ3v) is 4.46. The minimum Gasteiger partial charge on any atom is -0.314 e. The summed E-state index contributed by atoms with van der Waals surface area (Å²) < 4.78 is 0. The van der Waals surface area contributed by atoms with Crippen molar-refractivity contribution >= 4 is 0 Å². The van der Waals surface area contributed by atoms with Gasteiger partial charge in [-0.25, -0.2) is 0 Å². The van der Waals surface area contributed by atoms with E-state index >= 15 is 0 Å². The summed E-state index contributed by atoms with van der Waals surface area (Å²) in [5.41, 5.74) is 3.42. The van der Waals surface area contributed by atoms with Gasteiger partial charge in [0, 0.05) is 6.04 Å². The highest BCUT2D eigenvalue weighted by molar-refractivity contribution is 5.22. The average molecular weight is 273 g/mol. The van der Waals surface area contributed by atoms with Crippen LogP contribution in [-0.2, 0) is 12.8 Å². The van der Waals surface area contributed by atoms with Crippen LogP contribution in [0.15, 0.2) is 24.3 Å². The van der Waals surface area contributed by atoms with Gasteiger partial charge in [-0.05, 0) is 61.6 Å². The predicted octanol–water partition coefficient (Wildman–Crippen LogP) is 4.74. The molecule has 112 valence electrons. The Morgan fingerprint density at radius 1 is 1.00 bits per heavy atom. The maximum Gasteiger partial charge on any atom is 0.00682 e. The van der Waals surface area contributed by atoms with Crippen molar-refractivity contribution in [2.45, 2.75) is 71.8 Å². The highest BCUT2D eigenvalue weighted by atomic mass is 14.9. The smallest absolute Gasteiger partial charge is 0.00682 e. The van der Waals surface area contributed by atoms with Crippen molar-refractivity contribution in [1.82, 2.24) is 5.32 Å². The monoisotopic (exact) mass is 273 g/mol. The molecule has 0 amide bonds. The van der Waals surface area contributed by atoms with E-state index in [1.54, 1.807) is 0 Å². The Balaban J connectivity index is 1.71. The van der Waals surface area contributed by atoms with Crippen LogP contribution in [0.2, 0.25) is 0 Å². The molecule has 20 heavy (non-hydrogen) atoms. The lowest BCUT2D eigenvalue weighted by Gasteiger charge is -2.25. The number of rotatable bonds is 9. The molecule has 0 radical (unpaired) electrons. The van der Waals surface area contributed by atoms with Crippen LogP contribution in [0.4, 0.5) is 0 Å². The lowest BCUT2D eigenvalue weighted by atomic mass is 9.83. The summed E-state index contributed by atoms with van der Waals surface area (Å²) in [6.07, 6.45) is 9.01. The van der Waals surface area contributed by atoms with Crippen LogP contribution in [-0.4, -0.2) is 12.6 Å². The zero-order chi connectivity index (χ0) is 14.4. The minimum atomic E-state index is 0.448. The van der Waals surface area contributed by atoms with E-state index in [0.29, 0.717) is 5.41 Å². The van der Waals surface area contributed by atoms with Crippen molar-refractivity contribution in [2.24, 2.45) is 5.41 Å². The lowest BCUT2D eigenvalue weighted by molar-refractivity contribution is 0.302. The molecular weight excluding hydrogens is 242 g/mol. The standard InChI is InChI=1S/C19H31N/c1-4-5-16-6-8-17(9-7-16)12-13-19(2,3)14-15-20-18-10-11-18/h6-9,18,20H,4-5,10-15H2,1-3H3. The molecule has 0 bridgehead atoms. The summed E-state index contributed by atoms with van der Waals surface area (Å²) >= 11 is 0. The maximum atomic E-state index is 3.63. The average Bonchev–Trinajstić information content (AvgIpc) is 3.22. The molecule has 1 aliphatic carbocycles. The first-order valence-electron chi connectivity index (χ1n) is 8.40. The van der Waals surface area contributed by atoms with Gasteiger partial charge in [0.1, 0.15) is 0 Å². The molecule has 1 heteroatoms. The molecular formula is C19H31N. The van der Waals surface area contributed by atoms with E-state index in [1.807, 2.05) is 0 Å². The summed E-state index contributed by atoms with van der Waals surface area (Å²) in [7, 11) is 0. The minimum absolute atomic E-state index is 0.448. The molecule has 1 saturated carbocycles. The van der Waals surface area contributed by atoms with Crippen molar-refractivity contribution in [3.8, 4) is 0 Å². The number of hydrogen-bond donors (Lipinski definition) is 1. The van der Waals surface area contributed by atoms with Crippen LogP contribution in [0, 0.1) is 5.41 Å². The number of nitrogens with one attached hydrogen (secondary N) is 1. The first-order chi connectivity index (χ1) is 9.59. The van der Waals surface area contributed by atoms with Crippen molar-refractivity contribution in [3.63, 3.8) is 0 Å². The van der Waals surface area contributed by atoms with E-state index < -0.39 is 0 Å². The Morgan fingerprint density at radius 3 is 2.15 bits per heavy atom. The molecule has 0 atom stereocenters. The van der Waals surface area contributed by atoms with Crippen LogP contribution < -0.4 is 5.32 Å². The summed E-state index contributed by atoms with van der Waals surface area (Å²) in [5, 5.41) is 3.63. The van der Waals surface area contributed by atoms with Crippen LogP contribution >= 0.6 is 0 Å². The molecule has 1 fully saturated rings. The second kappa shape index (κ2) is 7.26. The summed E-state index contributed by atoms with van der Waals surface area (Å²) in [6.45, 7) is 8.25. The van der Waals surface area contributed by atoms with Crippen molar-refractivity contribution in [2.75, 3.05) is 6.54 Å². The van der Waals surface area contributed by atoms with Crippen molar-refractivity contribution in [1.29, 1.82) is 0 Å². The molecule has 0 unspecified atom stereocenters. The second-order valence-corrected chi connectivity index (χ2v) is 7.21. The highest BCUT2D eigenvalue weighted by Gasteiger charge is 2.22. The van der Waals surface area contributed by atoms with E-state index in [1.165, 1.54) is 62.6 Å². The highest BCUT2D eigenvalue weighted by Crippen LogP contribution is 2.27. The number of aryl methyl sites for hydroxylation is 2. The zero-order valence-corrected chi connectivity index (χ0v) is 13.5. The predicted molar refractivity (Wildman–Crippen MR) is 88.2 cm³/mol. The topological polar surface area (TPSA) is 12.0 Å². The maximum absolute atomic E-state index is 3.63. The fourth-order valence-corrected chi connectivity index (χ4v) is 2.67. The first kappa shape index (κ1) is 15.6. The van der Waals surface area contributed by atoms with E-state index in [0.717, 1.165) is 6.04 Å². The van der Waals surface area contributed by atoms with Gasteiger partial charge in [0.2, 0.25) is 0 Å². The van der Waals surface area contributed by atoms with Gasteiger partial charge in [-0.2, -0.15) is 0 Å². The second-order valence-electron chi connectivity index (χ2n) is 7.21. The third-order valence-electron chi connectivity index (χ3n) is 4.46. The molecule has 0 aromatic heterocycles. The van der Waals surface area contributed by atoms with E-state index in [9.17, 15) is 0 Å². The van der Waals surface area contributed by atoms with E-state index in [4.69, 9.17) is 0 Å². The van der Waals surface area contributed by atoms with Crippen LogP contribution in [0.25, 0.3) is 0 Å². The third kappa shape index (κ3) is 5.66. The van der Waals surface area contributed by atoms with Crippen molar-refractivity contribution in [3.05, 3.63) is 35.4 Å². The summed E-state index contributed by atoms with van der Waals surface area (Å²) in [4.78, 5) is 0. The number of benzene rings is 1. The Kier molecular flexibility index (Phi) is 5.65. The zero-order valence-electron chi connectivity index (χ0n) is 13.5. The first-order valence-corrected chi connectivity index (χ1v) is 8.40. The molecule has 0 heterocycles. The largest absolute Gasteiger partial charge is 0.314 e. The molecule has 2 rings (SSSR count). The lowest BCUT2D eigenvalue weighted by Crippen LogP contribution is -2.24. The molecule has 1 nitrogen and oxygen atoms in total. The van der Waals surface area contributed by atoms with E-state index in [2.05, 4.69) is 50.4 Å². The molecule has 1 aromatic carbocycles. The molecule has 0 aliphatic heterocycles. The Labute approximate surface area is 125 Å². The molecule has 1 aliphatic rings. The fraction of sp³-hybridized carbons (Fsp3) is 0.684. The van der Waals surface area contributed by atoms with Crippen LogP contribution in [0.3, 0.4) is 0 Å². The SMILES string of the molecule is CCCc1ccc(CCC(C)(C)CCNC2CC2)cc1. The summed E-state index contributed by atoms with van der Waals surface area (Å²) in [6, 6.07) is 10.1. The van der Waals surface area contributed by atoms with Gasteiger partial charge in [0.05, 0.1) is 0 Å². The number of hydrogen-bond acceptors (Lipinski definition) is 1. The normalized spacial score (nSPS) is 15.6. The molecule has 1 N–H and O–H groups in total. The van der Waals surface area contributed by atoms with Crippen LogP contribution in [0.1, 0.15) is 64.0 Å². The van der Waals surface area contributed by atoms with Gasteiger partial charge in [0.15, 0.2) is 0 Å². The van der Waals surface area contributed by atoms with Crippen molar-refractivity contribution < 1.29 is 0 Å².